The first-order valence-corrected chi connectivity index (χ1v) is 8.53. The van der Waals surface area contributed by atoms with Gasteiger partial charge in [0.25, 0.3) is 5.91 Å². The Bertz CT molecular complexity index is 841. The lowest BCUT2D eigenvalue weighted by atomic mass is 10.1. The predicted molar refractivity (Wildman–Crippen MR) is 100 cm³/mol. The van der Waals surface area contributed by atoms with Crippen LogP contribution in [0, 0.1) is 6.92 Å². The molecule has 0 aliphatic carbocycles. The van der Waals surface area contributed by atoms with Crippen molar-refractivity contribution in [1.82, 2.24) is 0 Å². The fourth-order valence-corrected chi connectivity index (χ4v) is 2.78. The number of hydrogen-bond acceptors (Lipinski definition) is 1. The van der Waals surface area contributed by atoms with Crippen molar-refractivity contribution < 1.29 is 9.36 Å². The Kier molecular flexibility index (Phi) is 5.24. The summed E-state index contributed by atoms with van der Waals surface area (Å²) in [5, 5.41) is 2.98. The van der Waals surface area contributed by atoms with Gasteiger partial charge in [-0.15, -0.1) is 0 Å². The largest absolute Gasteiger partial charge is 0.320 e. The third-order valence-corrected chi connectivity index (χ3v) is 4.28. The van der Waals surface area contributed by atoms with Gasteiger partial charge in [0.15, 0.2) is 12.4 Å². The van der Waals surface area contributed by atoms with Gasteiger partial charge in [0.2, 0.25) is 6.04 Å². The Morgan fingerprint density at radius 2 is 1.64 bits per heavy atom. The predicted octanol–water partition coefficient (Wildman–Crippen LogP) is 4.07. The number of carbonyl (C=O) groups is 1. The van der Waals surface area contributed by atoms with Crippen molar-refractivity contribution in [3.05, 3.63) is 95.8 Å². The molecule has 1 N–H and O–H groups in total. The summed E-state index contributed by atoms with van der Waals surface area (Å²) in [6.45, 7) is 3.92. The van der Waals surface area contributed by atoms with Crippen molar-refractivity contribution >= 4 is 11.6 Å². The molecule has 3 rings (SSSR count). The molecule has 0 radical (unpaired) electrons. The molecule has 0 saturated carbocycles. The van der Waals surface area contributed by atoms with E-state index in [1.54, 1.807) is 0 Å². The monoisotopic (exact) mass is 331 g/mol. The molecular weight excluding hydrogens is 308 g/mol. The van der Waals surface area contributed by atoms with Crippen LogP contribution < -0.4 is 9.88 Å². The number of amides is 1. The first-order chi connectivity index (χ1) is 12.1. The number of hydrogen-bond donors (Lipinski definition) is 1. The number of aromatic nitrogens is 1. The molecule has 0 fully saturated rings. The minimum absolute atomic E-state index is 0.0218. The first kappa shape index (κ1) is 16.9. The molecule has 3 heteroatoms. The minimum atomic E-state index is -0.272. The van der Waals surface area contributed by atoms with Crippen LogP contribution >= 0.6 is 0 Å². The molecular formula is C22H23N2O+. The van der Waals surface area contributed by atoms with Crippen LogP contribution in [0.5, 0.6) is 0 Å². The van der Waals surface area contributed by atoms with Crippen LogP contribution in [0.2, 0.25) is 0 Å². The lowest BCUT2D eigenvalue weighted by Gasteiger charge is -2.10. The van der Waals surface area contributed by atoms with Crippen LogP contribution in [0.25, 0.3) is 0 Å². The van der Waals surface area contributed by atoms with Gasteiger partial charge in [0, 0.05) is 24.7 Å². The Morgan fingerprint density at radius 1 is 0.960 bits per heavy atom. The van der Waals surface area contributed by atoms with Crippen molar-refractivity contribution in [2.45, 2.75) is 26.3 Å². The summed E-state index contributed by atoms with van der Waals surface area (Å²) in [5.74, 6) is -0.0218. The smallest absolute Gasteiger partial charge is 0.293 e. The highest BCUT2D eigenvalue weighted by molar-refractivity contribution is 5.92. The average molecular weight is 331 g/mol. The van der Waals surface area contributed by atoms with Gasteiger partial charge >= 0.3 is 0 Å². The second-order valence-electron chi connectivity index (χ2n) is 6.35. The van der Waals surface area contributed by atoms with E-state index in [1.165, 1.54) is 11.1 Å². The van der Waals surface area contributed by atoms with E-state index in [-0.39, 0.29) is 11.9 Å². The van der Waals surface area contributed by atoms with Gasteiger partial charge in [-0.05, 0) is 42.2 Å². The number of nitrogens with one attached hydrogen (secondary N) is 1. The zero-order valence-corrected chi connectivity index (χ0v) is 14.6. The van der Waals surface area contributed by atoms with E-state index in [2.05, 4.69) is 41.7 Å². The van der Waals surface area contributed by atoms with Gasteiger partial charge < -0.3 is 5.32 Å². The minimum Gasteiger partial charge on any atom is -0.320 e. The fraction of sp³-hybridized carbons (Fsp3) is 0.182. The van der Waals surface area contributed by atoms with Gasteiger partial charge in [-0.3, -0.25) is 4.79 Å². The van der Waals surface area contributed by atoms with Crippen LogP contribution in [0.4, 0.5) is 5.69 Å². The summed E-state index contributed by atoms with van der Waals surface area (Å²) < 4.78 is 1.93. The average Bonchev–Trinajstić information content (AvgIpc) is 2.62. The number of rotatable bonds is 5. The summed E-state index contributed by atoms with van der Waals surface area (Å²) in [6, 6.07) is 22.1. The molecule has 1 aromatic heterocycles. The topological polar surface area (TPSA) is 33.0 Å². The molecule has 3 aromatic rings. The van der Waals surface area contributed by atoms with E-state index in [4.69, 9.17) is 0 Å². The van der Waals surface area contributed by atoms with Crippen molar-refractivity contribution in [2.24, 2.45) is 0 Å². The van der Waals surface area contributed by atoms with Crippen molar-refractivity contribution in [3.8, 4) is 0 Å². The molecule has 1 amide bonds. The van der Waals surface area contributed by atoms with Crippen LogP contribution in [-0.4, -0.2) is 5.91 Å². The van der Waals surface area contributed by atoms with Gasteiger partial charge in [0.05, 0.1) is 0 Å². The van der Waals surface area contributed by atoms with Crippen LogP contribution in [-0.2, 0) is 11.2 Å². The van der Waals surface area contributed by atoms with E-state index < -0.39 is 0 Å². The molecule has 0 spiro atoms. The highest BCUT2D eigenvalue weighted by Crippen LogP contribution is 2.12. The number of pyridine rings is 1. The second-order valence-corrected chi connectivity index (χ2v) is 6.35. The molecule has 0 aliphatic rings. The molecule has 2 aromatic carbocycles. The summed E-state index contributed by atoms with van der Waals surface area (Å²) in [7, 11) is 0. The lowest BCUT2D eigenvalue weighted by Crippen LogP contribution is -2.44. The van der Waals surface area contributed by atoms with Crippen molar-refractivity contribution in [2.75, 3.05) is 5.32 Å². The maximum Gasteiger partial charge on any atom is 0.293 e. The third kappa shape index (κ3) is 4.54. The molecule has 126 valence electrons. The van der Waals surface area contributed by atoms with Gasteiger partial charge in [0.1, 0.15) is 0 Å². The Balaban J connectivity index is 1.65. The number of aryl methyl sites for hydroxylation is 1. The SMILES string of the molecule is Cc1cccc(NC(=O)[C@H](C)[n+]2ccc(Cc3ccccc3)cc2)c1. The van der Waals surface area contributed by atoms with E-state index in [9.17, 15) is 4.79 Å². The van der Waals surface area contributed by atoms with Gasteiger partial charge in [-0.2, -0.15) is 4.57 Å². The first-order valence-electron chi connectivity index (χ1n) is 8.53. The van der Waals surface area contributed by atoms with Crippen LogP contribution in [0.15, 0.2) is 79.1 Å². The molecule has 0 unspecified atom stereocenters. The van der Waals surface area contributed by atoms with Crippen LogP contribution in [0.3, 0.4) is 0 Å². The summed E-state index contributed by atoms with van der Waals surface area (Å²) in [5.41, 5.74) is 4.47. The highest BCUT2D eigenvalue weighted by Gasteiger charge is 2.21. The molecule has 1 atom stereocenters. The van der Waals surface area contributed by atoms with Gasteiger partial charge in [-0.25, -0.2) is 0 Å². The zero-order valence-electron chi connectivity index (χ0n) is 14.6. The Hall–Kier alpha value is -2.94. The number of nitrogens with zero attached hydrogens (tertiary/aromatic N) is 1. The molecule has 25 heavy (non-hydrogen) atoms. The van der Waals surface area contributed by atoms with E-state index in [0.717, 1.165) is 17.7 Å². The van der Waals surface area contributed by atoms with Crippen LogP contribution in [0.1, 0.15) is 29.7 Å². The van der Waals surface area contributed by atoms with Gasteiger partial charge in [-0.1, -0.05) is 42.5 Å². The zero-order chi connectivity index (χ0) is 17.6. The Morgan fingerprint density at radius 3 is 2.32 bits per heavy atom. The lowest BCUT2D eigenvalue weighted by molar-refractivity contribution is -0.705. The maximum atomic E-state index is 12.5. The molecule has 3 nitrogen and oxygen atoms in total. The summed E-state index contributed by atoms with van der Waals surface area (Å²) in [6.07, 6.45) is 4.84. The molecule has 0 saturated heterocycles. The third-order valence-electron chi connectivity index (χ3n) is 4.28. The number of carbonyl (C=O) groups excluding carboxylic acids is 1. The fourth-order valence-electron chi connectivity index (χ4n) is 2.78. The summed E-state index contributed by atoms with van der Waals surface area (Å²) in [4.78, 5) is 12.5. The number of benzene rings is 2. The molecule has 0 bridgehead atoms. The quantitative estimate of drug-likeness (QED) is 0.702. The standard InChI is InChI=1S/C22H22N2O/c1-17-7-6-10-21(15-17)23-22(25)18(2)24-13-11-20(12-14-24)16-19-8-4-3-5-9-19/h3-15,18H,16H2,1-2H3/p+1/t18-/m0/s1. The molecule has 0 aliphatic heterocycles. The number of anilines is 1. The van der Waals surface area contributed by atoms with E-state index in [1.807, 2.05) is 61.1 Å². The highest BCUT2D eigenvalue weighted by atomic mass is 16.2. The second kappa shape index (κ2) is 7.75. The van der Waals surface area contributed by atoms with E-state index in [0.29, 0.717) is 0 Å². The maximum absolute atomic E-state index is 12.5. The van der Waals surface area contributed by atoms with Crippen molar-refractivity contribution in [1.29, 1.82) is 0 Å². The van der Waals surface area contributed by atoms with Crippen molar-refractivity contribution in [3.63, 3.8) is 0 Å². The van der Waals surface area contributed by atoms with E-state index >= 15 is 0 Å². The summed E-state index contributed by atoms with van der Waals surface area (Å²) >= 11 is 0. The Labute approximate surface area is 149 Å². The molecule has 1 heterocycles. The normalized spacial score (nSPS) is 11.8.